The van der Waals surface area contributed by atoms with Gasteiger partial charge in [-0.15, -0.1) is 11.3 Å². The van der Waals surface area contributed by atoms with Gasteiger partial charge in [-0.2, -0.15) is 0 Å². The van der Waals surface area contributed by atoms with E-state index in [2.05, 4.69) is 205 Å². The van der Waals surface area contributed by atoms with E-state index in [1.165, 1.54) is 75.1 Å². The highest BCUT2D eigenvalue weighted by Crippen LogP contribution is 2.45. The predicted molar refractivity (Wildman–Crippen MR) is 225 cm³/mol. The van der Waals surface area contributed by atoms with Gasteiger partial charge in [-0.3, -0.25) is 0 Å². The summed E-state index contributed by atoms with van der Waals surface area (Å²) in [6.45, 7) is 0. The first-order chi connectivity index (χ1) is 25.8. The van der Waals surface area contributed by atoms with Gasteiger partial charge < -0.3 is 4.90 Å². The molecule has 9 aromatic carbocycles. The van der Waals surface area contributed by atoms with Crippen molar-refractivity contribution in [1.82, 2.24) is 0 Å². The molecular weight excluding hydrogens is 647 g/mol. The molecule has 0 unspecified atom stereocenters. The van der Waals surface area contributed by atoms with Gasteiger partial charge in [0.2, 0.25) is 0 Å². The Hall–Kier alpha value is -6.48. The average molecular weight is 680 g/mol. The lowest BCUT2D eigenvalue weighted by molar-refractivity contribution is 1.28. The van der Waals surface area contributed by atoms with Crippen LogP contribution in [0.4, 0.5) is 17.1 Å². The summed E-state index contributed by atoms with van der Waals surface area (Å²) < 4.78 is 2.68. The normalized spacial score (nSPS) is 11.5. The Morgan fingerprint density at radius 2 is 0.808 bits per heavy atom. The fraction of sp³-hybridized carbons (Fsp3) is 0. The maximum Gasteiger partial charge on any atom is 0.0540 e. The molecule has 0 atom stereocenters. The summed E-state index contributed by atoms with van der Waals surface area (Å²) in [4.78, 5) is 2.40. The Bertz CT molecular complexity index is 2880. The second kappa shape index (κ2) is 12.7. The molecule has 0 aliphatic rings. The van der Waals surface area contributed by atoms with Gasteiger partial charge in [0, 0.05) is 37.1 Å². The number of anilines is 3. The Kier molecular flexibility index (Phi) is 7.41. The van der Waals surface area contributed by atoms with E-state index in [4.69, 9.17) is 0 Å². The van der Waals surface area contributed by atoms with Crippen LogP contribution in [0.15, 0.2) is 200 Å². The minimum Gasteiger partial charge on any atom is -0.310 e. The molecule has 0 amide bonds. The lowest BCUT2D eigenvalue weighted by Crippen LogP contribution is -2.11. The van der Waals surface area contributed by atoms with Crippen LogP contribution in [-0.4, -0.2) is 0 Å². The van der Waals surface area contributed by atoms with E-state index in [-0.39, 0.29) is 0 Å². The van der Waals surface area contributed by atoms with Gasteiger partial charge >= 0.3 is 0 Å². The molecule has 244 valence electrons. The van der Waals surface area contributed by atoms with Crippen LogP contribution in [-0.2, 0) is 0 Å². The number of rotatable bonds is 6. The van der Waals surface area contributed by atoms with Gasteiger partial charge in [-0.25, -0.2) is 0 Å². The molecule has 10 rings (SSSR count). The minimum atomic E-state index is 1.11. The van der Waals surface area contributed by atoms with Gasteiger partial charge in [0.15, 0.2) is 0 Å². The van der Waals surface area contributed by atoms with E-state index in [1.54, 1.807) is 0 Å². The van der Waals surface area contributed by atoms with Crippen molar-refractivity contribution >= 4 is 70.1 Å². The molecule has 0 radical (unpaired) electrons. The summed E-state index contributed by atoms with van der Waals surface area (Å²) in [5.41, 5.74) is 10.7. The molecular formula is C50H33NS. The Labute approximate surface area is 307 Å². The third-order valence-corrected chi connectivity index (χ3v) is 11.6. The monoisotopic (exact) mass is 679 g/mol. The number of nitrogens with zero attached hydrogens (tertiary/aromatic N) is 1. The Balaban J connectivity index is 1.12. The maximum atomic E-state index is 2.40. The first-order valence-electron chi connectivity index (χ1n) is 17.8. The van der Waals surface area contributed by atoms with Gasteiger partial charge in [-0.05, 0) is 79.7 Å². The van der Waals surface area contributed by atoms with Gasteiger partial charge in [0.05, 0.1) is 5.69 Å². The van der Waals surface area contributed by atoms with Crippen LogP contribution in [0.2, 0.25) is 0 Å². The van der Waals surface area contributed by atoms with Crippen molar-refractivity contribution in [3.05, 3.63) is 200 Å². The SMILES string of the molecule is c1ccc(-c2ccc(N(c3ccc(-c4cccc5c4sc4c6ccccc6ccc54)cc3)c3ccccc3-c3cccc4ccccc34)cc2)cc1. The molecule has 0 aliphatic carbocycles. The fourth-order valence-corrected chi connectivity index (χ4v) is 9.13. The fourth-order valence-electron chi connectivity index (χ4n) is 7.76. The highest BCUT2D eigenvalue weighted by atomic mass is 32.1. The van der Waals surface area contributed by atoms with Crippen LogP contribution < -0.4 is 4.90 Å². The third kappa shape index (κ3) is 5.16. The van der Waals surface area contributed by atoms with Crippen LogP contribution in [0.1, 0.15) is 0 Å². The van der Waals surface area contributed by atoms with Crippen molar-refractivity contribution in [3.8, 4) is 33.4 Å². The highest BCUT2D eigenvalue weighted by molar-refractivity contribution is 7.27. The molecule has 2 heteroatoms. The van der Waals surface area contributed by atoms with E-state index < -0.39 is 0 Å². The van der Waals surface area contributed by atoms with Gasteiger partial charge in [0.1, 0.15) is 0 Å². The number of hydrogen-bond acceptors (Lipinski definition) is 2. The number of fused-ring (bicyclic) bond motifs is 6. The standard InChI is InChI=1S/C50H33NS/c1-2-12-34(13-3-1)35-24-29-39(30-25-35)51(48-23-9-8-19-45(48)44-21-10-16-36-14-4-6-17-41(36)44)40-31-26-38(27-32-40)43-20-11-22-46-47-33-28-37-15-5-7-18-42(37)50(47)52-49(43)46/h1-33H. The van der Waals surface area contributed by atoms with Crippen molar-refractivity contribution in [3.63, 3.8) is 0 Å². The maximum absolute atomic E-state index is 2.40. The van der Waals surface area contributed by atoms with E-state index in [1.807, 2.05) is 11.3 Å². The largest absolute Gasteiger partial charge is 0.310 e. The zero-order valence-corrected chi connectivity index (χ0v) is 29.2. The number of hydrogen-bond donors (Lipinski definition) is 0. The predicted octanol–water partition coefficient (Wildman–Crippen LogP) is 14.8. The van der Waals surface area contributed by atoms with Crippen LogP contribution in [0.3, 0.4) is 0 Å². The summed E-state index contributed by atoms with van der Waals surface area (Å²) in [6, 6.07) is 72.8. The molecule has 0 fully saturated rings. The van der Waals surface area contributed by atoms with E-state index in [9.17, 15) is 0 Å². The lowest BCUT2D eigenvalue weighted by atomic mass is 9.96. The van der Waals surface area contributed by atoms with Crippen molar-refractivity contribution in [2.45, 2.75) is 0 Å². The second-order valence-electron chi connectivity index (χ2n) is 13.3. The Morgan fingerprint density at radius 1 is 0.288 bits per heavy atom. The lowest BCUT2D eigenvalue weighted by Gasteiger charge is -2.28. The Morgan fingerprint density at radius 3 is 1.60 bits per heavy atom. The summed E-state index contributed by atoms with van der Waals surface area (Å²) in [7, 11) is 0. The number of thiophene rings is 1. The summed E-state index contributed by atoms with van der Waals surface area (Å²) in [6.07, 6.45) is 0. The van der Waals surface area contributed by atoms with Crippen LogP contribution in [0, 0.1) is 0 Å². The molecule has 0 aliphatic heterocycles. The summed E-state index contributed by atoms with van der Waals surface area (Å²) >= 11 is 1.91. The second-order valence-corrected chi connectivity index (χ2v) is 14.3. The van der Waals surface area contributed by atoms with E-state index in [0.29, 0.717) is 0 Å². The van der Waals surface area contributed by atoms with Gasteiger partial charge in [-0.1, -0.05) is 170 Å². The smallest absolute Gasteiger partial charge is 0.0540 e. The molecule has 1 nitrogen and oxygen atoms in total. The first kappa shape index (κ1) is 30.4. The number of benzene rings is 9. The number of para-hydroxylation sites is 1. The van der Waals surface area contributed by atoms with Crippen molar-refractivity contribution in [2.75, 3.05) is 4.90 Å². The summed E-state index contributed by atoms with van der Waals surface area (Å²) in [5.74, 6) is 0. The topological polar surface area (TPSA) is 3.24 Å². The molecule has 10 aromatic rings. The highest BCUT2D eigenvalue weighted by Gasteiger charge is 2.19. The first-order valence-corrected chi connectivity index (χ1v) is 18.6. The van der Waals surface area contributed by atoms with Gasteiger partial charge in [0.25, 0.3) is 0 Å². The van der Waals surface area contributed by atoms with Crippen LogP contribution in [0.5, 0.6) is 0 Å². The zero-order valence-electron chi connectivity index (χ0n) is 28.4. The van der Waals surface area contributed by atoms with Crippen LogP contribution >= 0.6 is 11.3 Å². The molecule has 0 N–H and O–H groups in total. The van der Waals surface area contributed by atoms with Crippen LogP contribution in [0.25, 0.3) is 75.1 Å². The average Bonchev–Trinajstić information content (AvgIpc) is 3.62. The van der Waals surface area contributed by atoms with Crippen molar-refractivity contribution in [2.24, 2.45) is 0 Å². The van der Waals surface area contributed by atoms with Crippen molar-refractivity contribution < 1.29 is 0 Å². The molecule has 0 saturated carbocycles. The van der Waals surface area contributed by atoms with E-state index in [0.717, 1.165) is 17.1 Å². The molecule has 1 aromatic heterocycles. The minimum absolute atomic E-state index is 1.11. The quantitative estimate of drug-likeness (QED) is 0.169. The zero-order chi connectivity index (χ0) is 34.4. The molecule has 0 bridgehead atoms. The molecule has 0 spiro atoms. The molecule has 52 heavy (non-hydrogen) atoms. The molecule has 0 saturated heterocycles. The third-order valence-electron chi connectivity index (χ3n) is 10.3. The van der Waals surface area contributed by atoms with Crippen molar-refractivity contribution in [1.29, 1.82) is 0 Å². The molecule has 1 heterocycles. The summed E-state index contributed by atoms with van der Waals surface area (Å²) in [5, 5.41) is 7.73. The van der Waals surface area contributed by atoms with E-state index >= 15 is 0 Å².